The predicted molar refractivity (Wildman–Crippen MR) is 204 cm³/mol. The Morgan fingerprint density at radius 1 is 0.763 bits per heavy atom. The van der Waals surface area contributed by atoms with E-state index in [2.05, 4.69) is 52.8 Å². The molecule has 25 nitrogen and oxygen atoms in total. The van der Waals surface area contributed by atoms with E-state index in [0.29, 0.717) is 34.5 Å². The van der Waals surface area contributed by atoms with Crippen molar-refractivity contribution >= 4 is 107 Å². The maximum atomic E-state index is 12.8. The van der Waals surface area contributed by atoms with Gasteiger partial charge in [0, 0.05) is 15.7 Å². The van der Waals surface area contributed by atoms with Gasteiger partial charge in [-0.25, -0.2) is 37.5 Å². The third kappa shape index (κ3) is 13.9. The van der Waals surface area contributed by atoms with Crippen LogP contribution in [0.3, 0.4) is 0 Å². The van der Waals surface area contributed by atoms with Crippen molar-refractivity contribution in [1.82, 2.24) is 0 Å². The Bertz CT molecular complexity index is 2410. The van der Waals surface area contributed by atoms with Crippen molar-refractivity contribution in [2.24, 2.45) is 20.5 Å². The Morgan fingerprint density at radius 2 is 1.44 bits per heavy atom. The highest BCUT2D eigenvalue weighted by molar-refractivity contribution is 7.95. The Kier molecular flexibility index (Phi) is 18.5. The van der Waals surface area contributed by atoms with Gasteiger partial charge in [-0.05, 0) is 61.0 Å². The van der Waals surface area contributed by atoms with E-state index in [1.807, 2.05) is 0 Å². The predicted octanol–water partition coefficient (Wildman–Crippen LogP) is 6.77. The summed E-state index contributed by atoms with van der Waals surface area (Å²) in [5.41, 5.74) is 6.85. The SMILES string of the molecule is COc1cc(SOOCCS(=O)OOO)c(C)cc1N=Nc1c(SOOO)cc2c(N=Nc3ccc(S(=O)(=O)CCOS(=O)(=O)O)cc3SOOO)c(N)ccc2c1O. The molecule has 1 unspecified atom stereocenters. The maximum absolute atomic E-state index is 12.8. The van der Waals surface area contributed by atoms with Crippen LogP contribution in [0.1, 0.15) is 5.56 Å². The highest BCUT2D eigenvalue weighted by Crippen LogP contribution is 2.48. The first kappa shape index (κ1) is 48.0. The first-order chi connectivity index (χ1) is 28.1. The number of hydrogen-bond donors (Lipinski definition) is 6. The van der Waals surface area contributed by atoms with E-state index in [0.717, 1.165) is 24.2 Å². The third-order valence-electron chi connectivity index (χ3n) is 7.02. The molecule has 322 valence electrons. The zero-order valence-electron chi connectivity index (χ0n) is 29.6. The molecule has 1 atom stereocenters. The summed E-state index contributed by atoms with van der Waals surface area (Å²) in [4.78, 5) is 5.03. The van der Waals surface area contributed by atoms with Crippen molar-refractivity contribution in [3.8, 4) is 11.5 Å². The number of aryl methyl sites for hydroxylation is 1. The fourth-order valence-electron chi connectivity index (χ4n) is 4.46. The number of benzene rings is 4. The molecule has 0 bridgehead atoms. The van der Waals surface area contributed by atoms with E-state index in [-0.39, 0.29) is 72.0 Å². The van der Waals surface area contributed by atoms with Crippen LogP contribution in [0.4, 0.5) is 28.4 Å². The lowest BCUT2D eigenvalue weighted by Crippen LogP contribution is -2.15. The molecule has 0 heterocycles. The molecule has 0 spiro atoms. The Balaban J connectivity index is 1.68. The number of fused-ring (bicyclic) bond motifs is 1. The monoisotopic (exact) mass is 947 g/mol. The number of nitrogens with two attached hydrogens (primary N) is 1. The van der Waals surface area contributed by atoms with E-state index < -0.39 is 49.4 Å². The van der Waals surface area contributed by atoms with Gasteiger partial charge < -0.3 is 15.6 Å². The molecule has 0 aliphatic carbocycles. The Morgan fingerprint density at radius 3 is 2.12 bits per heavy atom. The van der Waals surface area contributed by atoms with Crippen molar-refractivity contribution in [2.45, 2.75) is 26.5 Å². The number of phenols is 1. The van der Waals surface area contributed by atoms with Crippen molar-refractivity contribution in [2.75, 3.05) is 37.6 Å². The van der Waals surface area contributed by atoms with Crippen LogP contribution in [0.25, 0.3) is 10.8 Å². The molecule has 4 aromatic carbocycles. The van der Waals surface area contributed by atoms with Crippen molar-refractivity contribution < 1.29 is 92.7 Å². The van der Waals surface area contributed by atoms with E-state index >= 15 is 0 Å². The molecular formula is C28H29N5O20S6. The fourth-order valence-corrected chi connectivity index (χ4v) is 7.88. The smallest absolute Gasteiger partial charge is 0.397 e. The number of aromatic hydroxyl groups is 1. The number of nitrogens with zero attached hydrogens (tertiary/aromatic N) is 4. The van der Waals surface area contributed by atoms with Crippen LogP contribution in [-0.2, 0) is 72.8 Å². The van der Waals surface area contributed by atoms with Crippen LogP contribution in [0.15, 0.2) is 88.6 Å². The summed E-state index contributed by atoms with van der Waals surface area (Å²) >= 11 is -0.431. The molecule has 31 heteroatoms. The summed E-state index contributed by atoms with van der Waals surface area (Å²) in [7, 11) is -7.73. The zero-order valence-corrected chi connectivity index (χ0v) is 34.5. The van der Waals surface area contributed by atoms with Crippen LogP contribution in [0.2, 0.25) is 0 Å². The van der Waals surface area contributed by atoms with Gasteiger partial charge >= 0.3 is 10.4 Å². The first-order valence-corrected chi connectivity index (χ1v) is 21.8. The minimum Gasteiger partial charge on any atom is -0.505 e. The van der Waals surface area contributed by atoms with Gasteiger partial charge in [0.15, 0.2) is 26.7 Å². The number of anilines is 1. The first-order valence-electron chi connectivity index (χ1n) is 15.3. The molecule has 0 amide bonds. The summed E-state index contributed by atoms with van der Waals surface area (Å²) in [6.07, 6.45) is 0. The number of azo groups is 2. The molecule has 59 heavy (non-hydrogen) atoms. The van der Waals surface area contributed by atoms with Crippen LogP contribution in [-0.4, -0.2) is 78.3 Å². The van der Waals surface area contributed by atoms with Gasteiger partial charge in [0.05, 0.1) is 88.3 Å². The lowest BCUT2D eigenvalue weighted by molar-refractivity contribution is -0.435. The Labute approximate surface area is 348 Å². The van der Waals surface area contributed by atoms with Crippen molar-refractivity contribution in [3.63, 3.8) is 0 Å². The molecule has 0 radical (unpaired) electrons. The minimum absolute atomic E-state index is 0.0115. The molecule has 0 aromatic heterocycles. The number of hydrogen-bond acceptors (Lipinski definition) is 27. The van der Waals surface area contributed by atoms with E-state index in [1.54, 1.807) is 19.1 Å². The molecule has 0 aliphatic rings. The van der Waals surface area contributed by atoms with Gasteiger partial charge in [-0.2, -0.15) is 12.8 Å². The Hall–Kier alpha value is -3.68. The number of rotatable bonds is 24. The molecule has 7 N–H and O–H groups in total. The largest absolute Gasteiger partial charge is 0.505 e. The quantitative estimate of drug-likeness (QED) is 0.00802. The summed E-state index contributed by atoms with van der Waals surface area (Å²) in [6, 6.07) is 10.7. The highest BCUT2D eigenvalue weighted by Gasteiger charge is 2.21. The summed E-state index contributed by atoms with van der Waals surface area (Å²) < 4.78 is 95.0. The van der Waals surface area contributed by atoms with Crippen LogP contribution in [0.5, 0.6) is 11.5 Å². The third-order valence-corrected chi connectivity index (χ3v) is 11.9. The molecule has 4 rings (SSSR count). The summed E-state index contributed by atoms with van der Waals surface area (Å²) in [5.74, 6) is -1.27. The number of methoxy groups -OCH3 is 1. The lowest BCUT2D eigenvalue weighted by Gasteiger charge is -2.12. The number of sulfone groups is 1. The molecular weight excluding hydrogens is 919 g/mol. The van der Waals surface area contributed by atoms with Gasteiger partial charge in [0.2, 0.25) is 0 Å². The number of phenolic OH excluding ortho intramolecular Hbond substituents is 1. The van der Waals surface area contributed by atoms with Gasteiger partial charge in [0.1, 0.15) is 28.5 Å². The minimum atomic E-state index is -4.90. The van der Waals surface area contributed by atoms with Crippen LogP contribution < -0.4 is 10.5 Å². The molecule has 0 saturated heterocycles. The second-order valence-electron chi connectivity index (χ2n) is 10.6. The van der Waals surface area contributed by atoms with Crippen LogP contribution in [0, 0.1) is 6.92 Å². The summed E-state index contributed by atoms with van der Waals surface area (Å²) in [5, 5.41) is 65.1. The highest BCUT2D eigenvalue weighted by atomic mass is 32.3. The molecule has 0 fully saturated rings. The number of ether oxygens (including phenoxy) is 1. The van der Waals surface area contributed by atoms with Gasteiger partial charge in [-0.3, -0.25) is 4.55 Å². The second-order valence-corrected chi connectivity index (χ2v) is 17.2. The van der Waals surface area contributed by atoms with Gasteiger partial charge in [-0.1, -0.05) is 15.1 Å². The van der Waals surface area contributed by atoms with Crippen molar-refractivity contribution in [1.29, 1.82) is 0 Å². The topological polar surface area (TPSA) is 354 Å². The zero-order chi connectivity index (χ0) is 43.2. The average molecular weight is 948 g/mol. The molecule has 0 aliphatic heterocycles. The van der Waals surface area contributed by atoms with E-state index in [1.165, 1.54) is 31.4 Å². The second kappa shape index (κ2) is 22.8. The molecule has 4 aromatic rings. The van der Waals surface area contributed by atoms with Gasteiger partial charge in [0.25, 0.3) is 0 Å². The van der Waals surface area contributed by atoms with Crippen molar-refractivity contribution in [3.05, 3.63) is 54.1 Å². The molecule has 0 saturated carbocycles. The van der Waals surface area contributed by atoms with Gasteiger partial charge in [-0.15, -0.1) is 33.5 Å². The average Bonchev–Trinajstić information content (AvgIpc) is 3.18. The maximum Gasteiger partial charge on any atom is 0.397 e. The van der Waals surface area contributed by atoms with Crippen LogP contribution >= 0.6 is 36.1 Å². The summed E-state index contributed by atoms with van der Waals surface area (Å²) in [6.45, 7) is 0.646. The number of nitrogen functional groups attached to an aromatic ring is 1. The lowest BCUT2D eigenvalue weighted by atomic mass is 10.1. The van der Waals surface area contributed by atoms with E-state index in [4.69, 9.17) is 40.0 Å². The fraction of sp³-hybridized carbons (Fsp3) is 0.214. The standard InChI is InChI=1S/C28H29N5O20S6/c1-15-11-21(22(44-2)14-23(15)54-50-45-7-9-57(38)53-49-37)31-33-27-25(56-52-48-36)13-18-17(28(27)34)4-5-19(29)26(18)32-30-20-6-3-16(12-24(20)55-51-47-35)58(39,40)10-8-46-59(41,42)43/h3-6,11-14,34-37H,7-10,29H2,1-2H3,(H,41,42,43). The van der Waals surface area contributed by atoms with E-state index in [9.17, 15) is 26.2 Å². The normalized spacial score (nSPS) is 12.9.